The normalized spacial score (nSPS) is 16.7. The van der Waals surface area contributed by atoms with E-state index in [1.165, 1.54) is 0 Å². The second-order valence-corrected chi connectivity index (χ2v) is 3.43. The van der Waals surface area contributed by atoms with Crippen LogP contribution in [-0.2, 0) is 11.2 Å². The summed E-state index contributed by atoms with van der Waals surface area (Å²) in [4.78, 5) is 10.6. The minimum absolute atomic E-state index is 0.208. The summed E-state index contributed by atoms with van der Waals surface area (Å²) in [5.74, 6) is -1.52. The minimum atomic E-state index is -2.39. The van der Waals surface area contributed by atoms with Crippen molar-refractivity contribution in [2.24, 2.45) is 11.5 Å². The van der Waals surface area contributed by atoms with Crippen molar-refractivity contribution in [3.8, 4) is 0 Å². The van der Waals surface area contributed by atoms with Crippen LogP contribution in [-0.4, -0.2) is 27.9 Å². The molecule has 2 atom stereocenters. The summed E-state index contributed by atoms with van der Waals surface area (Å²) in [6.07, 6.45) is 0.208. The summed E-state index contributed by atoms with van der Waals surface area (Å²) >= 11 is 0. The number of carboxylic acids is 1. The molecule has 1 rings (SSSR count). The fraction of sp³-hybridized carbons (Fsp3) is 0.300. The number of rotatable bonds is 4. The van der Waals surface area contributed by atoms with E-state index in [9.17, 15) is 9.90 Å². The number of nitrogens with two attached hydrogens (primary N) is 2. The number of carbonyl (C=O) groups is 1. The Hall–Kier alpha value is -1.43. The van der Waals surface area contributed by atoms with E-state index in [1.54, 1.807) is 24.3 Å². The van der Waals surface area contributed by atoms with Gasteiger partial charge >= 0.3 is 5.97 Å². The van der Waals surface area contributed by atoms with Crippen LogP contribution in [0.25, 0.3) is 0 Å². The van der Waals surface area contributed by atoms with E-state index in [-0.39, 0.29) is 6.42 Å². The van der Waals surface area contributed by atoms with E-state index >= 15 is 0 Å². The van der Waals surface area contributed by atoms with Crippen molar-refractivity contribution in [2.75, 3.05) is 0 Å². The summed E-state index contributed by atoms with van der Waals surface area (Å²) in [7, 11) is 0. The maximum Gasteiger partial charge on any atom is 0.352 e. The standard InChI is InChI=1S/C10H14N2O3/c11-8(10(12,15)9(13)14)6-7-4-2-1-3-5-7/h1-5,8,15H,6,11-12H2,(H,13,14). The van der Waals surface area contributed by atoms with E-state index in [0.29, 0.717) is 0 Å². The quantitative estimate of drug-likeness (QED) is 0.491. The molecular weight excluding hydrogens is 196 g/mol. The van der Waals surface area contributed by atoms with Gasteiger partial charge in [-0.2, -0.15) is 0 Å². The van der Waals surface area contributed by atoms with Crippen LogP contribution in [0.15, 0.2) is 30.3 Å². The molecule has 0 aromatic heterocycles. The lowest BCUT2D eigenvalue weighted by Gasteiger charge is -2.25. The highest BCUT2D eigenvalue weighted by Gasteiger charge is 2.37. The van der Waals surface area contributed by atoms with Gasteiger partial charge in [-0.1, -0.05) is 30.3 Å². The molecule has 82 valence electrons. The van der Waals surface area contributed by atoms with Crippen LogP contribution < -0.4 is 11.5 Å². The minimum Gasteiger partial charge on any atom is -0.478 e. The Morgan fingerprint density at radius 1 is 1.40 bits per heavy atom. The van der Waals surface area contributed by atoms with Gasteiger partial charge in [0, 0.05) is 0 Å². The zero-order valence-corrected chi connectivity index (χ0v) is 8.13. The van der Waals surface area contributed by atoms with Crippen molar-refractivity contribution in [3.05, 3.63) is 35.9 Å². The number of aliphatic carboxylic acids is 1. The molecule has 0 aliphatic carbocycles. The number of aliphatic hydroxyl groups is 1. The molecule has 0 saturated heterocycles. The van der Waals surface area contributed by atoms with Gasteiger partial charge in [-0.3, -0.25) is 5.73 Å². The molecule has 0 heterocycles. The van der Waals surface area contributed by atoms with Crippen molar-refractivity contribution >= 4 is 5.97 Å². The zero-order valence-electron chi connectivity index (χ0n) is 8.13. The van der Waals surface area contributed by atoms with Gasteiger partial charge in [-0.25, -0.2) is 4.79 Å². The summed E-state index contributed by atoms with van der Waals surface area (Å²) in [6, 6.07) is 7.98. The molecule has 0 radical (unpaired) electrons. The van der Waals surface area contributed by atoms with Crippen LogP contribution in [0.4, 0.5) is 0 Å². The summed E-state index contributed by atoms with van der Waals surface area (Å²) < 4.78 is 0. The predicted molar refractivity (Wildman–Crippen MR) is 54.9 cm³/mol. The van der Waals surface area contributed by atoms with Gasteiger partial charge in [0.15, 0.2) is 0 Å². The second-order valence-electron chi connectivity index (χ2n) is 3.43. The Balaban J connectivity index is 2.72. The fourth-order valence-electron chi connectivity index (χ4n) is 1.18. The van der Waals surface area contributed by atoms with Gasteiger partial charge in [0.25, 0.3) is 0 Å². The molecule has 1 aromatic rings. The molecule has 0 fully saturated rings. The van der Waals surface area contributed by atoms with E-state index in [2.05, 4.69) is 0 Å². The smallest absolute Gasteiger partial charge is 0.352 e. The van der Waals surface area contributed by atoms with E-state index in [1.807, 2.05) is 6.07 Å². The second kappa shape index (κ2) is 4.39. The third kappa shape index (κ3) is 2.76. The first-order valence-electron chi connectivity index (χ1n) is 4.48. The third-order valence-corrected chi connectivity index (χ3v) is 2.21. The lowest BCUT2D eigenvalue weighted by Crippen LogP contribution is -2.61. The van der Waals surface area contributed by atoms with Crippen LogP contribution in [0.1, 0.15) is 5.56 Å². The number of carboxylic acid groups (broad SMARTS) is 1. The highest BCUT2D eigenvalue weighted by molar-refractivity contribution is 5.77. The Kier molecular flexibility index (Phi) is 3.41. The van der Waals surface area contributed by atoms with E-state index in [4.69, 9.17) is 16.6 Å². The fourth-order valence-corrected chi connectivity index (χ4v) is 1.18. The molecule has 0 aliphatic heterocycles. The van der Waals surface area contributed by atoms with E-state index in [0.717, 1.165) is 5.56 Å². The molecule has 15 heavy (non-hydrogen) atoms. The zero-order chi connectivity index (χ0) is 11.5. The summed E-state index contributed by atoms with van der Waals surface area (Å²) in [6.45, 7) is 0. The highest BCUT2D eigenvalue weighted by Crippen LogP contribution is 2.09. The lowest BCUT2D eigenvalue weighted by molar-refractivity contribution is -0.160. The van der Waals surface area contributed by atoms with Gasteiger partial charge in [0.1, 0.15) is 0 Å². The average molecular weight is 210 g/mol. The molecule has 2 unspecified atom stereocenters. The molecule has 0 saturated carbocycles. The first-order valence-corrected chi connectivity index (χ1v) is 4.48. The van der Waals surface area contributed by atoms with Crippen molar-refractivity contribution < 1.29 is 15.0 Å². The molecule has 5 nitrogen and oxygen atoms in total. The van der Waals surface area contributed by atoms with Gasteiger partial charge in [0.2, 0.25) is 5.72 Å². The molecule has 0 spiro atoms. The van der Waals surface area contributed by atoms with Gasteiger partial charge in [-0.15, -0.1) is 0 Å². The predicted octanol–water partition coefficient (Wildman–Crippen LogP) is -0.712. The number of benzene rings is 1. The van der Waals surface area contributed by atoms with Crippen molar-refractivity contribution in [1.29, 1.82) is 0 Å². The molecular formula is C10H14N2O3. The molecule has 0 aliphatic rings. The maximum absolute atomic E-state index is 10.6. The molecule has 1 aromatic carbocycles. The lowest BCUT2D eigenvalue weighted by atomic mass is 9.98. The molecule has 5 heteroatoms. The Labute approximate surface area is 87.3 Å². The first kappa shape index (κ1) is 11.6. The van der Waals surface area contributed by atoms with Crippen molar-refractivity contribution in [2.45, 2.75) is 18.2 Å². The van der Waals surface area contributed by atoms with Gasteiger partial charge in [0.05, 0.1) is 6.04 Å². The van der Waals surface area contributed by atoms with Crippen LogP contribution in [0.5, 0.6) is 0 Å². The van der Waals surface area contributed by atoms with Crippen molar-refractivity contribution in [1.82, 2.24) is 0 Å². The Morgan fingerprint density at radius 3 is 2.40 bits per heavy atom. The van der Waals surface area contributed by atoms with Crippen LogP contribution in [0.3, 0.4) is 0 Å². The molecule has 0 amide bonds. The summed E-state index contributed by atoms with van der Waals surface area (Å²) in [5.41, 5.74) is 9.15. The largest absolute Gasteiger partial charge is 0.478 e. The summed E-state index contributed by atoms with van der Waals surface area (Å²) in [5, 5.41) is 18.0. The highest BCUT2D eigenvalue weighted by atomic mass is 16.4. The van der Waals surface area contributed by atoms with Gasteiger partial charge < -0.3 is 15.9 Å². The maximum atomic E-state index is 10.6. The third-order valence-electron chi connectivity index (χ3n) is 2.21. The Morgan fingerprint density at radius 2 is 1.93 bits per heavy atom. The topological polar surface area (TPSA) is 110 Å². The Bertz CT molecular complexity index is 338. The van der Waals surface area contributed by atoms with Crippen LogP contribution in [0, 0.1) is 0 Å². The molecule has 0 bridgehead atoms. The number of hydrogen-bond acceptors (Lipinski definition) is 4. The SMILES string of the molecule is NC(Cc1ccccc1)C(N)(O)C(=O)O. The average Bonchev–Trinajstić information content (AvgIpc) is 2.18. The van der Waals surface area contributed by atoms with Gasteiger partial charge in [-0.05, 0) is 12.0 Å². The monoisotopic (exact) mass is 210 g/mol. The number of hydrogen-bond donors (Lipinski definition) is 4. The van der Waals surface area contributed by atoms with Crippen LogP contribution in [0.2, 0.25) is 0 Å². The first-order chi connectivity index (χ1) is 6.94. The van der Waals surface area contributed by atoms with Crippen molar-refractivity contribution in [3.63, 3.8) is 0 Å². The van der Waals surface area contributed by atoms with Crippen LogP contribution >= 0.6 is 0 Å². The molecule has 6 N–H and O–H groups in total. The van der Waals surface area contributed by atoms with E-state index < -0.39 is 17.7 Å².